The molecule has 1 fully saturated rings. The van der Waals surface area contributed by atoms with Gasteiger partial charge in [0.05, 0.1) is 11.0 Å². The van der Waals surface area contributed by atoms with Crippen molar-refractivity contribution in [1.29, 1.82) is 0 Å². The summed E-state index contributed by atoms with van der Waals surface area (Å²) in [6.45, 7) is 4.07. The summed E-state index contributed by atoms with van der Waals surface area (Å²) in [5.74, 6) is 1.51. The van der Waals surface area contributed by atoms with Crippen molar-refractivity contribution in [3.8, 4) is 5.75 Å². The molecule has 1 aromatic carbocycles. The van der Waals surface area contributed by atoms with Crippen LogP contribution in [0.2, 0.25) is 0 Å². The summed E-state index contributed by atoms with van der Waals surface area (Å²) in [6, 6.07) is 4.80. The molecule has 2 N–H and O–H groups in total. The van der Waals surface area contributed by atoms with E-state index in [1.54, 1.807) is 12.1 Å². The molecule has 1 aromatic rings. The Hall–Kier alpha value is -1.07. The third-order valence-corrected chi connectivity index (χ3v) is 4.99. The van der Waals surface area contributed by atoms with Crippen molar-refractivity contribution < 1.29 is 13.2 Å². The minimum atomic E-state index is -3.64. The summed E-state index contributed by atoms with van der Waals surface area (Å²) in [4.78, 5) is 0.137. The van der Waals surface area contributed by atoms with Crippen molar-refractivity contribution in [3.63, 3.8) is 0 Å². The van der Waals surface area contributed by atoms with Crippen LogP contribution >= 0.6 is 0 Å². The lowest BCUT2D eigenvalue weighted by Gasteiger charge is -2.29. The van der Waals surface area contributed by atoms with Gasteiger partial charge in [0.15, 0.2) is 0 Å². The number of benzene rings is 1. The molecule has 0 aromatic heterocycles. The highest BCUT2D eigenvalue weighted by atomic mass is 32.2. The Morgan fingerprint density at radius 1 is 1.35 bits per heavy atom. The second kappa shape index (κ2) is 6.14. The van der Waals surface area contributed by atoms with Crippen LogP contribution in [0.4, 0.5) is 0 Å². The standard InChI is InChI=1S/C15H23NO3S/c1-3-12-5-4-6-13(10-12)19-15-8-7-14(9-11(15)2)20(16,17)18/h7-9,12-13H,3-6,10H2,1-2H3,(H2,16,17,18). The summed E-state index contributed by atoms with van der Waals surface area (Å²) < 4.78 is 28.7. The van der Waals surface area contributed by atoms with Gasteiger partial charge in [-0.2, -0.15) is 0 Å². The van der Waals surface area contributed by atoms with Crippen molar-refractivity contribution in [2.45, 2.75) is 57.0 Å². The minimum absolute atomic E-state index is 0.137. The SMILES string of the molecule is CCC1CCCC(Oc2ccc(S(N)(=O)=O)cc2C)C1. The van der Waals surface area contributed by atoms with Gasteiger partial charge < -0.3 is 4.74 Å². The highest BCUT2D eigenvalue weighted by Gasteiger charge is 2.22. The van der Waals surface area contributed by atoms with E-state index in [0.717, 1.165) is 30.1 Å². The van der Waals surface area contributed by atoms with E-state index < -0.39 is 10.0 Å². The van der Waals surface area contributed by atoms with Gasteiger partial charge >= 0.3 is 0 Å². The van der Waals surface area contributed by atoms with Crippen LogP contribution < -0.4 is 9.88 Å². The van der Waals surface area contributed by atoms with Gasteiger partial charge in [-0.3, -0.25) is 0 Å². The highest BCUT2D eigenvalue weighted by molar-refractivity contribution is 7.89. The minimum Gasteiger partial charge on any atom is -0.490 e. The topological polar surface area (TPSA) is 69.4 Å². The molecule has 1 saturated carbocycles. The van der Waals surface area contributed by atoms with Crippen molar-refractivity contribution in [1.82, 2.24) is 0 Å². The number of aryl methyl sites for hydroxylation is 1. The number of sulfonamides is 1. The van der Waals surface area contributed by atoms with Gasteiger partial charge in [-0.25, -0.2) is 13.6 Å². The molecule has 4 nitrogen and oxygen atoms in total. The maximum absolute atomic E-state index is 11.3. The number of primary sulfonamides is 1. The predicted octanol–water partition coefficient (Wildman–Crippen LogP) is 2.99. The van der Waals surface area contributed by atoms with Gasteiger partial charge in [-0.1, -0.05) is 19.8 Å². The summed E-state index contributed by atoms with van der Waals surface area (Å²) in [7, 11) is -3.64. The molecule has 2 rings (SSSR count). The molecule has 2 atom stereocenters. The van der Waals surface area contributed by atoms with E-state index in [0.29, 0.717) is 0 Å². The molecule has 1 aliphatic rings. The lowest BCUT2D eigenvalue weighted by atomic mass is 9.85. The molecular formula is C15H23NO3S. The Balaban J connectivity index is 2.10. The summed E-state index contributed by atoms with van der Waals surface area (Å²) in [5.41, 5.74) is 0.815. The number of hydrogen-bond acceptors (Lipinski definition) is 3. The molecule has 0 radical (unpaired) electrons. The first kappa shape index (κ1) is 15.3. The fraction of sp³-hybridized carbons (Fsp3) is 0.600. The van der Waals surface area contributed by atoms with Crippen molar-refractivity contribution >= 4 is 10.0 Å². The Labute approximate surface area is 121 Å². The second-order valence-corrected chi connectivity index (χ2v) is 7.21. The van der Waals surface area contributed by atoms with Crippen LogP contribution in [0.15, 0.2) is 23.1 Å². The van der Waals surface area contributed by atoms with Crippen LogP contribution in [-0.2, 0) is 10.0 Å². The van der Waals surface area contributed by atoms with E-state index in [2.05, 4.69) is 6.92 Å². The lowest BCUT2D eigenvalue weighted by Crippen LogP contribution is -2.25. The maximum atomic E-state index is 11.3. The van der Waals surface area contributed by atoms with Crippen molar-refractivity contribution in [3.05, 3.63) is 23.8 Å². The van der Waals surface area contributed by atoms with Gasteiger partial charge in [0.25, 0.3) is 0 Å². The quantitative estimate of drug-likeness (QED) is 0.928. The fourth-order valence-corrected chi connectivity index (χ4v) is 3.43. The normalized spacial score (nSPS) is 23.6. The largest absolute Gasteiger partial charge is 0.490 e. The predicted molar refractivity (Wildman–Crippen MR) is 79.2 cm³/mol. The molecule has 0 bridgehead atoms. The van der Waals surface area contributed by atoms with Crippen LogP contribution in [0.3, 0.4) is 0 Å². The summed E-state index contributed by atoms with van der Waals surface area (Å²) in [6.07, 6.45) is 6.10. The zero-order valence-corrected chi connectivity index (χ0v) is 12.9. The van der Waals surface area contributed by atoms with Gasteiger partial charge in [0.2, 0.25) is 10.0 Å². The average molecular weight is 297 g/mol. The van der Waals surface area contributed by atoms with Gasteiger partial charge in [-0.05, 0) is 55.9 Å². The number of hydrogen-bond donors (Lipinski definition) is 1. The number of ether oxygens (including phenoxy) is 1. The first-order valence-electron chi connectivity index (χ1n) is 7.20. The lowest BCUT2D eigenvalue weighted by molar-refractivity contribution is 0.121. The third-order valence-electron chi connectivity index (χ3n) is 4.08. The van der Waals surface area contributed by atoms with E-state index in [9.17, 15) is 8.42 Å². The molecule has 0 aliphatic heterocycles. The Morgan fingerprint density at radius 2 is 2.10 bits per heavy atom. The van der Waals surface area contributed by atoms with Crippen molar-refractivity contribution in [2.75, 3.05) is 0 Å². The first-order chi connectivity index (χ1) is 9.40. The smallest absolute Gasteiger partial charge is 0.238 e. The summed E-state index contributed by atoms with van der Waals surface area (Å²) in [5, 5.41) is 5.13. The molecule has 112 valence electrons. The van der Waals surface area contributed by atoms with E-state index >= 15 is 0 Å². The first-order valence-corrected chi connectivity index (χ1v) is 8.75. The van der Waals surface area contributed by atoms with Crippen molar-refractivity contribution in [2.24, 2.45) is 11.1 Å². The van der Waals surface area contributed by atoms with E-state index in [1.807, 2.05) is 6.92 Å². The molecule has 2 unspecified atom stereocenters. The van der Waals surface area contributed by atoms with Gasteiger partial charge in [-0.15, -0.1) is 0 Å². The fourth-order valence-electron chi connectivity index (χ4n) is 2.83. The molecule has 0 heterocycles. The number of nitrogens with two attached hydrogens (primary N) is 1. The highest BCUT2D eigenvalue weighted by Crippen LogP contribution is 2.31. The third kappa shape index (κ3) is 3.73. The van der Waals surface area contributed by atoms with Gasteiger partial charge in [0, 0.05) is 0 Å². The van der Waals surface area contributed by atoms with Crippen LogP contribution in [0.1, 0.15) is 44.6 Å². The Kier molecular flexibility index (Phi) is 4.70. The molecule has 0 amide bonds. The van der Waals surface area contributed by atoms with E-state index in [4.69, 9.17) is 9.88 Å². The Morgan fingerprint density at radius 3 is 2.70 bits per heavy atom. The molecule has 1 aliphatic carbocycles. The van der Waals surface area contributed by atoms with E-state index in [-0.39, 0.29) is 11.0 Å². The molecule has 0 spiro atoms. The zero-order chi connectivity index (χ0) is 14.8. The zero-order valence-electron chi connectivity index (χ0n) is 12.1. The van der Waals surface area contributed by atoms with Crippen LogP contribution in [0, 0.1) is 12.8 Å². The number of rotatable bonds is 4. The van der Waals surface area contributed by atoms with E-state index in [1.165, 1.54) is 25.3 Å². The van der Waals surface area contributed by atoms with Crippen LogP contribution in [0.5, 0.6) is 5.75 Å². The Bertz CT molecular complexity index is 568. The average Bonchev–Trinajstić information content (AvgIpc) is 2.40. The van der Waals surface area contributed by atoms with Gasteiger partial charge in [0.1, 0.15) is 5.75 Å². The molecule has 5 heteroatoms. The van der Waals surface area contributed by atoms with Crippen LogP contribution in [-0.4, -0.2) is 14.5 Å². The second-order valence-electron chi connectivity index (χ2n) is 5.65. The summed E-state index contributed by atoms with van der Waals surface area (Å²) >= 11 is 0. The molecule has 0 saturated heterocycles. The molecular weight excluding hydrogens is 274 g/mol. The maximum Gasteiger partial charge on any atom is 0.238 e. The monoisotopic (exact) mass is 297 g/mol. The van der Waals surface area contributed by atoms with Crippen LogP contribution in [0.25, 0.3) is 0 Å². The molecule has 20 heavy (non-hydrogen) atoms.